The first-order valence-corrected chi connectivity index (χ1v) is 9.87. The summed E-state index contributed by atoms with van der Waals surface area (Å²) in [4.78, 5) is 42.3. The summed E-state index contributed by atoms with van der Waals surface area (Å²) in [6.45, 7) is 6.67. The molecule has 1 aliphatic rings. The fourth-order valence-corrected chi connectivity index (χ4v) is 3.14. The van der Waals surface area contributed by atoms with Gasteiger partial charge in [-0.25, -0.2) is 0 Å². The Morgan fingerprint density at radius 2 is 2.04 bits per heavy atom. The highest BCUT2D eigenvalue weighted by atomic mass is 35.5. The van der Waals surface area contributed by atoms with E-state index in [-0.39, 0.29) is 43.4 Å². The van der Waals surface area contributed by atoms with Crippen LogP contribution in [-0.2, 0) is 14.4 Å². The molecule has 1 aromatic rings. The molecule has 1 aliphatic heterocycles. The van der Waals surface area contributed by atoms with Crippen LogP contribution in [0.15, 0.2) is 24.3 Å². The maximum atomic E-state index is 12.8. The Morgan fingerprint density at radius 1 is 1.30 bits per heavy atom. The van der Waals surface area contributed by atoms with Gasteiger partial charge in [0.1, 0.15) is 13.2 Å². The molecule has 148 valence electrons. The summed E-state index contributed by atoms with van der Waals surface area (Å²) in [5.74, 6) is -0.478. The van der Waals surface area contributed by atoms with E-state index in [1.807, 2.05) is 13.8 Å². The van der Waals surface area contributed by atoms with Gasteiger partial charge in [-0.05, 0) is 31.0 Å². The van der Waals surface area contributed by atoms with E-state index >= 15 is 0 Å². The predicted molar refractivity (Wildman–Crippen MR) is 106 cm³/mol. The zero-order valence-corrected chi connectivity index (χ0v) is 17.0. The second-order valence-corrected chi connectivity index (χ2v) is 7.39. The van der Waals surface area contributed by atoms with E-state index in [1.54, 1.807) is 29.2 Å². The first-order chi connectivity index (χ1) is 12.9. The van der Waals surface area contributed by atoms with E-state index in [0.29, 0.717) is 17.3 Å². The second-order valence-electron chi connectivity index (χ2n) is 6.96. The smallest absolute Gasteiger partial charge is 0.248 e. The van der Waals surface area contributed by atoms with Crippen LogP contribution in [-0.4, -0.2) is 53.8 Å². The highest BCUT2D eigenvalue weighted by Gasteiger charge is 2.33. The van der Waals surface area contributed by atoms with Gasteiger partial charge in [0.15, 0.2) is 0 Å². The maximum absolute atomic E-state index is 12.8. The van der Waals surface area contributed by atoms with Crippen molar-refractivity contribution in [3.63, 3.8) is 0 Å². The van der Waals surface area contributed by atoms with Gasteiger partial charge < -0.3 is 9.80 Å². The van der Waals surface area contributed by atoms with E-state index in [2.05, 4.69) is 6.92 Å². The Morgan fingerprint density at radius 3 is 2.67 bits per heavy atom. The van der Waals surface area contributed by atoms with Crippen molar-refractivity contribution in [2.75, 3.05) is 31.2 Å². The molecule has 0 aliphatic carbocycles. The van der Waals surface area contributed by atoms with Crippen LogP contribution in [0, 0.1) is 5.92 Å². The predicted octanol–water partition coefficient (Wildman–Crippen LogP) is 3.15. The average Bonchev–Trinajstić information content (AvgIpc) is 3.05. The SMILES string of the molecule is CCCCN(CC(=O)N1CC(=O)N(c2cccc(Cl)c2)C1)C(=O)[C@@H](C)CC. The van der Waals surface area contributed by atoms with Crippen molar-refractivity contribution in [3.8, 4) is 0 Å². The topological polar surface area (TPSA) is 60.9 Å². The molecule has 0 aromatic heterocycles. The first kappa shape index (κ1) is 21.2. The van der Waals surface area contributed by atoms with Crippen molar-refractivity contribution in [2.45, 2.75) is 40.0 Å². The van der Waals surface area contributed by atoms with E-state index in [1.165, 1.54) is 9.80 Å². The van der Waals surface area contributed by atoms with Gasteiger partial charge in [-0.1, -0.05) is 44.9 Å². The molecule has 0 radical (unpaired) electrons. The molecule has 0 unspecified atom stereocenters. The van der Waals surface area contributed by atoms with Gasteiger partial charge in [-0.3, -0.25) is 19.3 Å². The fourth-order valence-electron chi connectivity index (χ4n) is 2.95. The molecule has 27 heavy (non-hydrogen) atoms. The van der Waals surface area contributed by atoms with Crippen molar-refractivity contribution in [2.24, 2.45) is 5.92 Å². The van der Waals surface area contributed by atoms with Crippen LogP contribution in [0.5, 0.6) is 0 Å². The number of amides is 3. The third-order valence-electron chi connectivity index (χ3n) is 4.87. The fraction of sp³-hybridized carbons (Fsp3) is 0.550. The van der Waals surface area contributed by atoms with Gasteiger partial charge in [-0.2, -0.15) is 0 Å². The number of carbonyl (C=O) groups excluding carboxylic acids is 3. The van der Waals surface area contributed by atoms with Crippen molar-refractivity contribution in [3.05, 3.63) is 29.3 Å². The molecule has 1 aromatic carbocycles. The Kier molecular flexibility index (Phi) is 7.66. The summed E-state index contributed by atoms with van der Waals surface area (Å²) in [6.07, 6.45) is 2.53. The third-order valence-corrected chi connectivity index (χ3v) is 5.10. The molecular formula is C20H28ClN3O3. The lowest BCUT2D eigenvalue weighted by atomic mass is 10.1. The quantitative estimate of drug-likeness (QED) is 0.681. The third kappa shape index (κ3) is 5.45. The van der Waals surface area contributed by atoms with Crippen LogP contribution < -0.4 is 4.90 Å². The molecule has 0 N–H and O–H groups in total. The minimum absolute atomic E-state index is 0.00322. The average molecular weight is 394 g/mol. The van der Waals surface area contributed by atoms with Gasteiger partial charge in [0.05, 0.1) is 6.54 Å². The molecule has 0 saturated carbocycles. The molecule has 3 amide bonds. The molecular weight excluding hydrogens is 366 g/mol. The molecule has 7 heteroatoms. The van der Waals surface area contributed by atoms with Gasteiger partial charge in [0, 0.05) is 23.2 Å². The van der Waals surface area contributed by atoms with E-state index < -0.39 is 0 Å². The molecule has 1 heterocycles. The minimum Gasteiger partial charge on any atom is -0.333 e. The number of carbonyl (C=O) groups is 3. The maximum Gasteiger partial charge on any atom is 0.248 e. The van der Waals surface area contributed by atoms with Crippen LogP contribution in [0.3, 0.4) is 0 Å². The lowest BCUT2D eigenvalue weighted by Crippen LogP contribution is -2.44. The van der Waals surface area contributed by atoms with E-state index in [4.69, 9.17) is 11.6 Å². The normalized spacial score (nSPS) is 15.2. The molecule has 1 atom stereocenters. The number of unbranched alkanes of at least 4 members (excludes halogenated alkanes) is 1. The zero-order chi connectivity index (χ0) is 20.0. The minimum atomic E-state index is -0.208. The number of hydrogen-bond acceptors (Lipinski definition) is 3. The summed E-state index contributed by atoms with van der Waals surface area (Å²) in [7, 11) is 0. The number of nitrogens with zero attached hydrogens (tertiary/aromatic N) is 3. The van der Waals surface area contributed by atoms with Gasteiger partial charge in [0.2, 0.25) is 17.7 Å². The van der Waals surface area contributed by atoms with Crippen molar-refractivity contribution in [1.29, 1.82) is 0 Å². The Labute approximate surface area is 166 Å². The standard InChI is InChI=1S/C20H28ClN3O3/c1-4-6-10-22(20(27)15(3)5-2)12-18(25)23-13-19(26)24(14-23)17-9-7-8-16(21)11-17/h7-9,11,15H,4-6,10,12-14H2,1-3H3/t15-/m0/s1. The Bertz CT molecular complexity index is 695. The van der Waals surface area contributed by atoms with Crippen molar-refractivity contribution < 1.29 is 14.4 Å². The zero-order valence-electron chi connectivity index (χ0n) is 16.3. The number of anilines is 1. The van der Waals surface area contributed by atoms with Crippen LogP contribution in [0.4, 0.5) is 5.69 Å². The molecule has 2 rings (SSSR count). The monoisotopic (exact) mass is 393 g/mol. The molecule has 1 fully saturated rings. The summed E-state index contributed by atoms with van der Waals surface area (Å²) in [5.41, 5.74) is 0.668. The summed E-state index contributed by atoms with van der Waals surface area (Å²) < 4.78 is 0. The van der Waals surface area contributed by atoms with Crippen molar-refractivity contribution in [1.82, 2.24) is 9.80 Å². The van der Waals surface area contributed by atoms with Gasteiger partial charge in [-0.15, -0.1) is 0 Å². The molecule has 0 bridgehead atoms. The van der Waals surface area contributed by atoms with E-state index in [0.717, 1.165) is 19.3 Å². The molecule has 1 saturated heterocycles. The largest absolute Gasteiger partial charge is 0.333 e. The van der Waals surface area contributed by atoms with Crippen LogP contribution >= 0.6 is 11.6 Å². The van der Waals surface area contributed by atoms with Crippen molar-refractivity contribution >= 4 is 35.0 Å². The summed E-state index contributed by atoms with van der Waals surface area (Å²) >= 11 is 6.00. The van der Waals surface area contributed by atoms with E-state index in [9.17, 15) is 14.4 Å². The van der Waals surface area contributed by atoms with Crippen LogP contribution in [0.2, 0.25) is 5.02 Å². The Hall–Kier alpha value is -2.08. The lowest BCUT2D eigenvalue weighted by molar-refractivity contribution is -0.142. The highest BCUT2D eigenvalue weighted by Crippen LogP contribution is 2.23. The number of halogens is 1. The number of rotatable bonds is 8. The number of hydrogen-bond donors (Lipinski definition) is 0. The molecule has 0 spiro atoms. The summed E-state index contributed by atoms with van der Waals surface area (Å²) in [5, 5.41) is 0.537. The highest BCUT2D eigenvalue weighted by molar-refractivity contribution is 6.31. The number of benzene rings is 1. The Balaban J connectivity index is 2.05. The first-order valence-electron chi connectivity index (χ1n) is 9.49. The van der Waals surface area contributed by atoms with Gasteiger partial charge >= 0.3 is 0 Å². The van der Waals surface area contributed by atoms with Crippen LogP contribution in [0.25, 0.3) is 0 Å². The second kappa shape index (κ2) is 9.74. The summed E-state index contributed by atoms with van der Waals surface area (Å²) in [6, 6.07) is 7.00. The lowest BCUT2D eigenvalue weighted by Gasteiger charge is -2.27. The van der Waals surface area contributed by atoms with Gasteiger partial charge in [0.25, 0.3) is 0 Å². The van der Waals surface area contributed by atoms with Crippen LogP contribution in [0.1, 0.15) is 40.0 Å². The molecule has 6 nitrogen and oxygen atoms in total.